The summed E-state index contributed by atoms with van der Waals surface area (Å²) in [6, 6.07) is 11.6. The second-order valence-electron chi connectivity index (χ2n) is 4.48. The molecule has 0 atom stereocenters. The zero-order chi connectivity index (χ0) is 13.4. The first-order valence-electron chi connectivity index (χ1n) is 6.16. The molecule has 2 heterocycles. The monoisotopic (exact) mass is 262 g/mol. The summed E-state index contributed by atoms with van der Waals surface area (Å²) in [4.78, 5) is 0. The van der Waals surface area contributed by atoms with E-state index in [0.29, 0.717) is 0 Å². The molecule has 2 N–H and O–H groups in total. The number of nitrogens with one attached hydrogen (secondary N) is 2. The molecule has 0 unspecified atom stereocenters. The van der Waals surface area contributed by atoms with Crippen LogP contribution in [0, 0.1) is 0 Å². The van der Waals surface area contributed by atoms with Gasteiger partial charge in [0.1, 0.15) is 0 Å². The zero-order valence-corrected chi connectivity index (χ0v) is 10.4. The average molecular weight is 262 g/mol. The maximum absolute atomic E-state index is 4.25. The third-order valence-corrected chi connectivity index (χ3v) is 3.13. The van der Waals surface area contributed by atoms with Gasteiger partial charge >= 0.3 is 0 Å². The van der Waals surface area contributed by atoms with Crippen LogP contribution in [0.3, 0.4) is 0 Å². The van der Waals surface area contributed by atoms with E-state index in [0.717, 1.165) is 33.2 Å². The van der Waals surface area contributed by atoms with Gasteiger partial charge in [0.05, 0.1) is 34.8 Å². The minimum atomic E-state index is 0.797. The molecule has 0 amide bonds. The van der Waals surface area contributed by atoms with Gasteiger partial charge in [0.2, 0.25) is 0 Å². The lowest BCUT2D eigenvalue weighted by molar-refractivity contribution is 1.12. The third-order valence-electron chi connectivity index (χ3n) is 3.13. The van der Waals surface area contributed by atoms with E-state index in [4.69, 9.17) is 0 Å². The number of benzene rings is 2. The SMILES string of the molecule is c1cc2[nH]ncc2cc1N=Nc1ccc2[nH]ncc2c1. The Labute approximate surface area is 113 Å². The summed E-state index contributed by atoms with van der Waals surface area (Å²) in [7, 11) is 0. The van der Waals surface area contributed by atoms with E-state index >= 15 is 0 Å². The molecular weight excluding hydrogens is 252 g/mol. The number of azo groups is 1. The molecule has 4 aromatic rings. The van der Waals surface area contributed by atoms with Gasteiger partial charge < -0.3 is 0 Å². The van der Waals surface area contributed by atoms with Gasteiger partial charge in [0.25, 0.3) is 0 Å². The summed E-state index contributed by atoms with van der Waals surface area (Å²) in [6.07, 6.45) is 3.54. The summed E-state index contributed by atoms with van der Waals surface area (Å²) in [5.74, 6) is 0. The van der Waals surface area contributed by atoms with Crippen LogP contribution >= 0.6 is 0 Å². The van der Waals surface area contributed by atoms with Crippen LogP contribution in [0.2, 0.25) is 0 Å². The van der Waals surface area contributed by atoms with Gasteiger partial charge in [-0.15, -0.1) is 0 Å². The summed E-state index contributed by atoms with van der Waals surface area (Å²) in [5, 5.41) is 24.3. The lowest BCUT2D eigenvalue weighted by Gasteiger charge is -1.94. The van der Waals surface area contributed by atoms with E-state index in [1.165, 1.54) is 0 Å². The first-order valence-corrected chi connectivity index (χ1v) is 6.16. The molecule has 2 aromatic heterocycles. The molecular formula is C14H10N6. The average Bonchev–Trinajstić information content (AvgIpc) is 3.12. The van der Waals surface area contributed by atoms with Crippen molar-refractivity contribution < 1.29 is 0 Å². The molecule has 6 heteroatoms. The number of H-pyrrole nitrogens is 2. The van der Waals surface area contributed by atoms with Crippen molar-refractivity contribution in [3.05, 3.63) is 48.8 Å². The van der Waals surface area contributed by atoms with Crippen molar-refractivity contribution in [2.75, 3.05) is 0 Å². The van der Waals surface area contributed by atoms with Gasteiger partial charge in [-0.1, -0.05) is 0 Å². The van der Waals surface area contributed by atoms with Crippen molar-refractivity contribution in [3.8, 4) is 0 Å². The Morgan fingerprint density at radius 2 is 1.20 bits per heavy atom. The summed E-state index contributed by atoms with van der Waals surface area (Å²) in [6.45, 7) is 0. The summed E-state index contributed by atoms with van der Waals surface area (Å²) in [5.41, 5.74) is 3.57. The highest BCUT2D eigenvalue weighted by atomic mass is 15.1. The quantitative estimate of drug-likeness (QED) is 0.538. The molecule has 0 fully saturated rings. The van der Waals surface area contributed by atoms with Crippen LogP contribution in [-0.2, 0) is 0 Å². The van der Waals surface area contributed by atoms with Crippen molar-refractivity contribution >= 4 is 33.2 Å². The van der Waals surface area contributed by atoms with Crippen LogP contribution in [-0.4, -0.2) is 20.4 Å². The molecule has 0 saturated carbocycles. The topological polar surface area (TPSA) is 82.1 Å². The van der Waals surface area contributed by atoms with E-state index < -0.39 is 0 Å². The van der Waals surface area contributed by atoms with Gasteiger partial charge in [-0.3, -0.25) is 10.2 Å². The number of rotatable bonds is 2. The van der Waals surface area contributed by atoms with Crippen LogP contribution in [0.4, 0.5) is 11.4 Å². The molecule has 6 nitrogen and oxygen atoms in total. The van der Waals surface area contributed by atoms with Gasteiger partial charge in [0, 0.05) is 10.8 Å². The Kier molecular flexibility index (Phi) is 2.32. The van der Waals surface area contributed by atoms with Gasteiger partial charge in [-0.2, -0.15) is 20.4 Å². The van der Waals surface area contributed by atoms with Gasteiger partial charge in [0.15, 0.2) is 0 Å². The number of nitrogens with zero attached hydrogens (tertiary/aromatic N) is 4. The largest absolute Gasteiger partial charge is 0.278 e. The molecule has 2 aromatic carbocycles. The fourth-order valence-corrected chi connectivity index (χ4v) is 2.10. The first-order chi connectivity index (χ1) is 9.88. The number of aromatic nitrogens is 4. The van der Waals surface area contributed by atoms with Crippen LogP contribution in [0.15, 0.2) is 59.0 Å². The lowest BCUT2D eigenvalue weighted by atomic mass is 10.2. The fraction of sp³-hybridized carbons (Fsp3) is 0. The summed E-state index contributed by atoms with van der Waals surface area (Å²) < 4.78 is 0. The molecule has 0 aliphatic rings. The van der Waals surface area contributed by atoms with E-state index in [9.17, 15) is 0 Å². The van der Waals surface area contributed by atoms with Gasteiger partial charge in [-0.25, -0.2) is 0 Å². The van der Waals surface area contributed by atoms with Crippen LogP contribution in [0.1, 0.15) is 0 Å². The number of hydrogen-bond acceptors (Lipinski definition) is 4. The normalized spacial score (nSPS) is 11.8. The number of fused-ring (bicyclic) bond motifs is 2. The fourth-order valence-electron chi connectivity index (χ4n) is 2.10. The minimum absolute atomic E-state index is 0.797. The van der Waals surface area contributed by atoms with Crippen molar-refractivity contribution in [2.24, 2.45) is 10.2 Å². The zero-order valence-electron chi connectivity index (χ0n) is 10.4. The minimum Gasteiger partial charge on any atom is -0.278 e. The highest BCUT2D eigenvalue weighted by Crippen LogP contribution is 2.24. The second kappa shape index (κ2) is 4.27. The Balaban J connectivity index is 1.69. The van der Waals surface area contributed by atoms with E-state index in [-0.39, 0.29) is 0 Å². The number of aromatic amines is 2. The maximum Gasteiger partial charge on any atom is 0.0865 e. The molecule has 0 spiro atoms. The maximum atomic E-state index is 4.25. The van der Waals surface area contributed by atoms with E-state index in [1.807, 2.05) is 36.4 Å². The predicted octanol–water partition coefficient (Wildman–Crippen LogP) is 3.85. The lowest BCUT2D eigenvalue weighted by Crippen LogP contribution is -1.69. The third kappa shape index (κ3) is 1.83. The highest BCUT2D eigenvalue weighted by molar-refractivity contribution is 5.82. The van der Waals surface area contributed by atoms with Crippen LogP contribution in [0.5, 0.6) is 0 Å². The molecule has 96 valence electrons. The molecule has 0 aliphatic heterocycles. The Morgan fingerprint density at radius 3 is 1.70 bits per heavy atom. The Bertz CT molecular complexity index is 841. The van der Waals surface area contributed by atoms with Crippen molar-refractivity contribution in [3.63, 3.8) is 0 Å². The molecule has 4 rings (SSSR count). The predicted molar refractivity (Wildman–Crippen MR) is 76.4 cm³/mol. The van der Waals surface area contributed by atoms with E-state index in [1.54, 1.807) is 12.4 Å². The smallest absolute Gasteiger partial charge is 0.0865 e. The van der Waals surface area contributed by atoms with E-state index in [2.05, 4.69) is 30.6 Å². The van der Waals surface area contributed by atoms with Crippen LogP contribution in [0.25, 0.3) is 21.8 Å². The van der Waals surface area contributed by atoms with Crippen molar-refractivity contribution in [1.82, 2.24) is 20.4 Å². The second-order valence-corrected chi connectivity index (χ2v) is 4.48. The summed E-state index contributed by atoms with van der Waals surface area (Å²) >= 11 is 0. The molecule has 0 bridgehead atoms. The molecule has 0 aliphatic carbocycles. The van der Waals surface area contributed by atoms with Crippen molar-refractivity contribution in [1.29, 1.82) is 0 Å². The molecule has 0 saturated heterocycles. The Morgan fingerprint density at radius 1 is 0.700 bits per heavy atom. The van der Waals surface area contributed by atoms with Gasteiger partial charge in [-0.05, 0) is 36.4 Å². The number of hydrogen-bond donors (Lipinski definition) is 2. The molecule has 0 radical (unpaired) electrons. The van der Waals surface area contributed by atoms with Crippen LogP contribution < -0.4 is 0 Å². The Hall–Kier alpha value is -3.02. The highest BCUT2D eigenvalue weighted by Gasteiger charge is 1.99. The van der Waals surface area contributed by atoms with Crippen molar-refractivity contribution in [2.45, 2.75) is 0 Å². The standard InChI is InChI=1S/C14H10N6/c1-3-13-9(7-15-19-13)5-11(1)17-18-12-2-4-14-10(6-12)8-16-20-14/h1-8H,(H,15,19)(H,16,20). The molecule has 20 heavy (non-hydrogen) atoms. The first kappa shape index (κ1) is 10.9.